The standard InChI is InChI=1S/C14H18BrN/c1-9-10-5-6-14(2)8-16-7-12(14)11(10)3-4-13(9)15/h3-4,12,16H,5-8H2,1-2H3/t12-,14-/m0/s1. The van der Waals surface area contributed by atoms with E-state index in [0.29, 0.717) is 5.41 Å². The summed E-state index contributed by atoms with van der Waals surface area (Å²) in [6.45, 7) is 7.03. The Morgan fingerprint density at radius 3 is 3.06 bits per heavy atom. The van der Waals surface area contributed by atoms with E-state index in [1.807, 2.05) is 0 Å². The molecule has 1 saturated heterocycles. The minimum atomic E-state index is 0.493. The Kier molecular flexibility index (Phi) is 2.41. The minimum Gasteiger partial charge on any atom is -0.316 e. The number of fused-ring (bicyclic) bond motifs is 3. The molecule has 86 valence electrons. The third kappa shape index (κ3) is 1.39. The molecular weight excluding hydrogens is 262 g/mol. The van der Waals surface area contributed by atoms with Crippen LogP contribution in [0.5, 0.6) is 0 Å². The van der Waals surface area contributed by atoms with Gasteiger partial charge in [0.05, 0.1) is 0 Å². The molecule has 1 aromatic rings. The van der Waals surface area contributed by atoms with E-state index in [1.54, 1.807) is 11.1 Å². The van der Waals surface area contributed by atoms with Gasteiger partial charge in [-0.15, -0.1) is 0 Å². The highest BCUT2D eigenvalue weighted by molar-refractivity contribution is 9.10. The molecule has 2 aliphatic rings. The molecule has 0 radical (unpaired) electrons. The Bertz CT molecular complexity index is 441. The molecule has 1 aliphatic carbocycles. The van der Waals surface area contributed by atoms with Crippen LogP contribution in [0.3, 0.4) is 0 Å². The first-order valence-electron chi connectivity index (χ1n) is 6.10. The SMILES string of the molecule is Cc1c(Br)ccc2c1CC[C@@]1(C)CNC[C@@H]21. The van der Waals surface area contributed by atoms with Crippen LogP contribution in [0.15, 0.2) is 16.6 Å². The quantitative estimate of drug-likeness (QED) is 0.768. The summed E-state index contributed by atoms with van der Waals surface area (Å²) in [6, 6.07) is 4.56. The van der Waals surface area contributed by atoms with Crippen LogP contribution < -0.4 is 5.32 Å². The van der Waals surface area contributed by atoms with E-state index in [2.05, 4.69) is 47.2 Å². The topological polar surface area (TPSA) is 12.0 Å². The van der Waals surface area contributed by atoms with E-state index < -0.39 is 0 Å². The van der Waals surface area contributed by atoms with Gasteiger partial charge in [-0.2, -0.15) is 0 Å². The first-order chi connectivity index (χ1) is 7.62. The molecule has 1 heterocycles. The maximum Gasteiger partial charge on any atom is 0.0207 e. The van der Waals surface area contributed by atoms with E-state index in [9.17, 15) is 0 Å². The van der Waals surface area contributed by atoms with Crippen molar-refractivity contribution in [2.24, 2.45) is 5.41 Å². The van der Waals surface area contributed by atoms with Crippen molar-refractivity contribution in [2.75, 3.05) is 13.1 Å². The van der Waals surface area contributed by atoms with Crippen LogP contribution in [0.2, 0.25) is 0 Å². The maximum atomic E-state index is 3.64. The number of hydrogen-bond acceptors (Lipinski definition) is 1. The van der Waals surface area contributed by atoms with Gasteiger partial charge in [-0.05, 0) is 47.9 Å². The fourth-order valence-electron chi connectivity index (χ4n) is 3.44. The number of halogens is 1. The zero-order chi connectivity index (χ0) is 11.3. The fraction of sp³-hybridized carbons (Fsp3) is 0.571. The van der Waals surface area contributed by atoms with Crippen LogP contribution in [-0.2, 0) is 6.42 Å². The zero-order valence-electron chi connectivity index (χ0n) is 9.94. The molecule has 1 aliphatic heterocycles. The van der Waals surface area contributed by atoms with Crippen molar-refractivity contribution in [1.29, 1.82) is 0 Å². The third-order valence-electron chi connectivity index (χ3n) is 4.61. The van der Waals surface area contributed by atoms with Gasteiger partial charge in [0, 0.05) is 23.5 Å². The molecule has 2 heteroatoms. The monoisotopic (exact) mass is 279 g/mol. The predicted molar refractivity (Wildman–Crippen MR) is 70.9 cm³/mol. The van der Waals surface area contributed by atoms with Gasteiger partial charge < -0.3 is 5.32 Å². The third-order valence-corrected chi connectivity index (χ3v) is 5.47. The lowest BCUT2D eigenvalue weighted by Gasteiger charge is -2.37. The van der Waals surface area contributed by atoms with E-state index in [1.165, 1.54) is 29.4 Å². The molecule has 1 fully saturated rings. The lowest BCUT2D eigenvalue weighted by molar-refractivity contribution is 0.277. The molecule has 1 nitrogen and oxygen atoms in total. The zero-order valence-corrected chi connectivity index (χ0v) is 11.5. The molecule has 0 amide bonds. The summed E-state index contributed by atoms with van der Waals surface area (Å²) in [4.78, 5) is 0. The van der Waals surface area contributed by atoms with Crippen LogP contribution in [0.25, 0.3) is 0 Å². The fourth-order valence-corrected chi connectivity index (χ4v) is 3.81. The van der Waals surface area contributed by atoms with Gasteiger partial charge >= 0.3 is 0 Å². The van der Waals surface area contributed by atoms with E-state index in [0.717, 1.165) is 12.5 Å². The molecular formula is C14H18BrN. The normalized spacial score (nSPS) is 32.3. The Morgan fingerprint density at radius 2 is 2.25 bits per heavy atom. The van der Waals surface area contributed by atoms with Crippen LogP contribution in [-0.4, -0.2) is 13.1 Å². The molecule has 1 N–H and O–H groups in total. The number of nitrogens with one attached hydrogen (secondary N) is 1. The summed E-state index contributed by atoms with van der Waals surface area (Å²) in [5.74, 6) is 0.725. The molecule has 0 saturated carbocycles. The molecule has 1 aromatic carbocycles. The predicted octanol–water partition coefficient (Wildman–Crippen LogP) is 3.40. The van der Waals surface area contributed by atoms with Crippen molar-refractivity contribution in [1.82, 2.24) is 5.32 Å². The van der Waals surface area contributed by atoms with E-state index in [-0.39, 0.29) is 0 Å². The van der Waals surface area contributed by atoms with Crippen LogP contribution in [0.4, 0.5) is 0 Å². The van der Waals surface area contributed by atoms with Gasteiger partial charge in [-0.25, -0.2) is 0 Å². The first-order valence-corrected chi connectivity index (χ1v) is 6.90. The van der Waals surface area contributed by atoms with Gasteiger partial charge in [0.25, 0.3) is 0 Å². The smallest absolute Gasteiger partial charge is 0.0207 e. The second-order valence-corrected chi connectivity index (χ2v) is 6.43. The van der Waals surface area contributed by atoms with Gasteiger partial charge in [0.2, 0.25) is 0 Å². The number of hydrogen-bond donors (Lipinski definition) is 1. The molecule has 16 heavy (non-hydrogen) atoms. The van der Waals surface area contributed by atoms with Gasteiger partial charge in [0.1, 0.15) is 0 Å². The Balaban J connectivity index is 2.14. The molecule has 2 atom stereocenters. The summed E-state index contributed by atoms with van der Waals surface area (Å²) >= 11 is 3.64. The second-order valence-electron chi connectivity index (χ2n) is 5.58. The van der Waals surface area contributed by atoms with Crippen molar-refractivity contribution < 1.29 is 0 Å². The van der Waals surface area contributed by atoms with Crippen LogP contribution >= 0.6 is 15.9 Å². The number of benzene rings is 1. The molecule has 3 rings (SSSR count). The van der Waals surface area contributed by atoms with E-state index >= 15 is 0 Å². The van der Waals surface area contributed by atoms with Crippen molar-refractivity contribution in [3.63, 3.8) is 0 Å². The van der Waals surface area contributed by atoms with Gasteiger partial charge in [-0.1, -0.05) is 28.9 Å². The highest BCUT2D eigenvalue weighted by Crippen LogP contribution is 2.48. The summed E-state index contributed by atoms with van der Waals surface area (Å²) in [7, 11) is 0. The largest absolute Gasteiger partial charge is 0.316 e. The highest BCUT2D eigenvalue weighted by atomic mass is 79.9. The van der Waals surface area contributed by atoms with Crippen molar-refractivity contribution in [2.45, 2.75) is 32.6 Å². The van der Waals surface area contributed by atoms with Crippen LogP contribution in [0.1, 0.15) is 36.0 Å². The van der Waals surface area contributed by atoms with Crippen LogP contribution in [0, 0.1) is 12.3 Å². The summed E-state index contributed by atoms with van der Waals surface area (Å²) < 4.78 is 1.26. The Hall–Kier alpha value is -0.340. The average Bonchev–Trinajstić information content (AvgIpc) is 2.65. The Morgan fingerprint density at radius 1 is 1.44 bits per heavy atom. The lowest BCUT2D eigenvalue weighted by Crippen LogP contribution is -2.30. The summed E-state index contributed by atoms with van der Waals surface area (Å²) in [5.41, 5.74) is 5.14. The minimum absolute atomic E-state index is 0.493. The molecule has 0 bridgehead atoms. The Labute approximate surface area is 106 Å². The lowest BCUT2D eigenvalue weighted by atomic mass is 9.66. The molecule has 0 spiro atoms. The maximum absolute atomic E-state index is 3.64. The van der Waals surface area contributed by atoms with Crippen molar-refractivity contribution in [3.05, 3.63) is 33.3 Å². The molecule has 0 aromatic heterocycles. The van der Waals surface area contributed by atoms with Crippen molar-refractivity contribution in [3.8, 4) is 0 Å². The second kappa shape index (κ2) is 3.58. The van der Waals surface area contributed by atoms with Crippen molar-refractivity contribution >= 4 is 15.9 Å². The summed E-state index contributed by atoms with van der Waals surface area (Å²) in [5, 5.41) is 3.57. The van der Waals surface area contributed by atoms with Gasteiger partial charge in [0.15, 0.2) is 0 Å². The number of rotatable bonds is 0. The summed E-state index contributed by atoms with van der Waals surface area (Å²) in [6.07, 6.45) is 2.57. The molecule has 0 unspecified atom stereocenters. The van der Waals surface area contributed by atoms with E-state index in [4.69, 9.17) is 0 Å². The first kappa shape index (κ1) is 10.8. The average molecular weight is 280 g/mol. The van der Waals surface area contributed by atoms with Gasteiger partial charge in [-0.3, -0.25) is 0 Å². The highest BCUT2D eigenvalue weighted by Gasteiger charge is 2.43.